The molecule has 1 aliphatic carbocycles. The summed E-state index contributed by atoms with van der Waals surface area (Å²) in [5.41, 5.74) is 1.53. The van der Waals surface area contributed by atoms with Gasteiger partial charge in [-0.2, -0.15) is 0 Å². The van der Waals surface area contributed by atoms with Crippen molar-refractivity contribution in [2.24, 2.45) is 4.99 Å². The van der Waals surface area contributed by atoms with Gasteiger partial charge in [0.25, 0.3) is 5.91 Å². The number of benzene rings is 1. The van der Waals surface area contributed by atoms with Gasteiger partial charge in [0.2, 0.25) is 0 Å². The number of allylic oxidation sites excluding steroid dienone is 4. The molecule has 27 heavy (non-hydrogen) atoms. The van der Waals surface area contributed by atoms with Crippen molar-refractivity contribution < 1.29 is 14.3 Å². The molecular formula is C21H21IN2O3. The Balaban J connectivity index is 1.73. The molecule has 5 nitrogen and oxygen atoms in total. The molecule has 3 rings (SSSR count). The number of fused-ring (bicyclic) bond motifs is 1. The third kappa shape index (κ3) is 4.94. The lowest BCUT2D eigenvalue weighted by molar-refractivity contribution is -0.124. The SMILES string of the molecule is CC(C)(C)OC(=O)c1ccc(CN2C=NC3C=CC=C(I)C=C3C2=O)cc1. The monoisotopic (exact) mass is 476 g/mol. The van der Waals surface area contributed by atoms with Gasteiger partial charge in [-0.25, -0.2) is 4.79 Å². The molecule has 1 amide bonds. The van der Waals surface area contributed by atoms with Gasteiger partial charge in [-0.05, 0) is 73.2 Å². The maximum Gasteiger partial charge on any atom is 0.338 e. The third-order valence-corrected chi connectivity index (χ3v) is 4.65. The number of rotatable bonds is 3. The topological polar surface area (TPSA) is 59.0 Å². The molecule has 1 unspecified atom stereocenters. The lowest BCUT2D eigenvalue weighted by Gasteiger charge is -2.26. The Labute approximate surface area is 172 Å². The first-order valence-electron chi connectivity index (χ1n) is 8.65. The van der Waals surface area contributed by atoms with E-state index in [4.69, 9.17) is 4.74 Å². The van der Waals surface area contributed by atoms with Crippen LogP contribution in [0.15, 0.2) is 62.7 Å². The van der Waals surface area contributed by atoms with E-state index in [9.17, 15) is 9.59 Å². The largest absolute Gasteiger partial charge is 0.456 e. The van der Waals surface area contributed by atoms with E-state index in [1.54, 1.807) is 23.4 Å². The van der Waals surface area contributed by atoms with Gasteiger partial charge in [0.05, 0.1) is 18.4 Å². The summed E-state index contributed by atoms with van der Waals surface area (Å²) in [6.45, 7) is 5.90. The first kappa shape index (κ1) is 19.5. The third-order valence-electron chi connectivity index (χ3n) is 3.98. The zero-order valence-electron chi connectivity index (χ0n) is 15.5. The standard InChI is InChI=1S/C21H21IN2O3/c1-21(2,3)27-20(26)15-9-7-14(8-10-15)12-24-13-23-18-6-4-5-16(22)11-17(18)19(24)25/h4-11,13,18H,12H2,1-3H3. The molecule has 0 fully saturated rings. The smallest absolute Gasteiger partial charge is 0.338 e. The van der Waals surface area contributed by atoms with Crippen molar-refractivity contribution in [2.45, 2.75) is 39.0 Å². The summed E-state index contributed by atoms with van der Waals surface area (Å²) in [5, 5.41) is 0. The van der Waals surface area contributed by atoms with Crippen molar-refractivity contribution in [3.63, 3.8) is 0 Å². The first-order valence-corrected chi connectivity index (χ1v) is 9.73. The van der Waals surface area contributed by atoms with E-state index in [0.29, 0.717) is 17.7 Å². The number of halogens is 1. The summed E-state index contributed by atoms with van der Waals surface area (Å²) < 4.78 is 6.36. The van der Waals surface area contributed by atoms with Crippen LogP contribution < -0.4 is 0 Å². The molecule has 0 aromatic heterocycles. The molecule has 1 aromatic carbocycles. The molecule has 0 bridgehead atoms. The van der Waals surface area contributed by atoms with Crippen LogP contribution in [0.2, 0.25) is 0 Å². The van der Waals surface area contributed by atoms with Crippen LogP contribution >= 0.6 is 22.6 Å². The fourth-order valence-electron chi connectivity index (χ4n) is 2.72. The molecular weight excluding hydrogens is 455 g/mol. The number of nitrogens with zero attached hydrogens (tertiary/aromatic N) is 2. The van der Waals surface area contributed by atoms with Crippen LogP contribution in [-0.4, -0.2) is 34.8 Å². The molecule has 1 aromatic rings. The molecule has 1 atom stereocenters. The normalized spacial score (nSPS) is 19.2. The van der Waals surface area contributed by atoms with E-state index >= 15 is 0 Å². The minimum atomic E-state index is -0.532. The van der Waals surface area contributed by atoms with Crippen molar-refractivity contribution in [3.05, 3.63) is 68.8 Å². The second-order valence-corrected chi connectivity index (χ2v) is 8.62. The predicted molar refractivity (Wildman–Crippen MR) is 114 cm³/mol. The first-order chi connectivity index (χ1) is 12.7. The predicted octanol–water partition coefficient (Wildman–Crippen LogP) is 4.20. The Hall–Kier alpha value is -2.22. The van der Waals surface area contributed by atoms with Crippen LogP contribution in [0, 0.1) is 0 Å². The van der Waals surface area contributed by atoms with E-state index in [2.05, 4.69) is 27.6 Å². The Bertz CT molecular complexity index is 874. The Kier molecular flexibility index (Phi) is 5.64. The summed E-state index contributed by atoms with van der Waals surface area (Å²) in [7, 11) is 0. The van der Waals surface area contributed by atoms with Crippen molar-refractivity contribution in [1.29, 1.82) is 0 Å². The summed E-state index contributed by atoms with van der Waals surface area (Å²) in [6.07, 6.45) is 9.26. The van der Waals surface area contributed by atoms with Crippen LogP contribution in [0.3, 0.4) is 0 Å². The van der Waals surface area contributed by atoms with Gasteiger partial charge >= 0.3 is 5.97 Å². The van der Waals surface area contributed by atoms with E-state index in [0.717, 1.165) is 9.14 Å². The average molecular weight is 476 g/mol. The van der Waals surface area contributed by atoms with Crippen LogP contribution in [0.1, 0.15) is 36.7 Å². The minimum Gasteiger partial charge on any atom is -0.456 e. The second-order valence-electron chi connectivity index (χ2n) is 7.38. The number of aliphatic imine (C=N–C) groups is 1. The van der Waals surface area contributed by atoms with Crippen LogP contribution in [0.25, 0.3) is 0 Å². The Morgan fingerprint density at radius 1 is 1.26 bits per heavy atom. The summed E-state index contributed by atoms with van der Waals surface area (Å²) >= 11 is 2.20. The highest BCUT2D eigenvalue weighted by molar-refractivity contribution is 14.1. The molecule has 0 spiro atoms. The van der Waals surface area contributed by atoms with Crippen LogP contribution in [0.5, 0.6) is 0 Å². The fraction of sp³-hybridized carbons (Fsp3) is 0.286. The number of hydrogen-bond acceptors (Lipinski definition) is 4. The molecule has 140 valence electrons. The van der Waals surface area contributed by atoms with Crippen LogP contribution in [0.4, 0.5) is 0 Å². The van der Waals surface area contributed by atoms with Gasteiger partial charge in [-0.15, -0.1) is 0 Å². The Morgan fingerprint density at radius 2 is 1.96 bits per heavy atom. The number of carbonyl (C=O) groups excluding carboxylic acids is 2. The molecule has 0 saturated heterocycles. The zero-order valence-corrected chi connectivity index (χ0v) is 17.6. The highest BCUT2D eigenvalue weighted by atomic mass is 127. The number of amides is 1. The molecule has 2 aliphatic rings. The number of esters is 1. The van der Waals surface area contributed by atoms with E-state index in [1.165, 1.54) is 0 Å². The number of carbonyl (C=O) groups is 2. The average Bonchev–Trinajstić information content (AvgIpc) is 2.78. The highest BCUT2D eigenvalue weighted by Gasteiger charge is 2.28. The van der Waals surface area contributed by atoms with Crippen LogP contribution in [-0.2, 0) is 16.1 Å². The fourth-order valence-corrected chi connectivity index (χ4v) is 3.26. The highest BCUT2D eigenvalue weighted by Crippen LogP contribution is 2.24. The van der Waals surface area contributed by atoms with E-state index in [-0.39, 0.29) is 17.9 Å². The summed E-state index contributed by atoms with van der Waals surface area (Å²) in [5.74, 6) is -0.412. The van der Waals surface area contributed by atoms with Gasteiger partial charge in [0, 0.05) is 9.15 Å². The molecule has 6 heteroatoms. The van der Waals surface area contributed by atoms with E-state index < -0.39 is 5.60 Å². The quantitative estimate of drug-likeness (QED) is 0.486. The zero-order chi connectivity index (χ0) is 19.6. The van der Waals surface area contributed by atoms with Gasteiger partial charge in [-0.1, -0.05) is 24.3 Å². The summed E-state index contributed by atoms with van der Waals surface area (Å²) in [6, 6.07) is 6.87. The second kappa shape index (κ2) is 7.80. The maximum atomic E-state index is 12.8. The Morgan fingerprint density at radius 3 is 2.63 bits per heavy atom. The molecule has 1 heterocycles. The maximum absolute atomic E-state index is 12.8. The molecule has 0 radical (unpaired) electrons. The molecule has 0 N–H and O–H groups in total. The molecule has 0 saturated carbocycles. The van der Waals surface area contributed by atoms with Gasteiger partial charge < -0.3 is 4.74 Å². The minimum absolute atomic E-state index is 0.0552. The van der Waals surface area contributed by atoms with Crippen molar-refractivity contribution >= 4 is 40.8 Å². The van der Waals surface area contributed by atoms with Gasteiger partial charge in [0.15, 0.2) is 0 Å². The van der Waals surface area contributed by atoms with Crippen molar-refractivity contribution in [3.8, 4) is 0 Å². The van der Waals surface area contributed by atoms with Gasteiger partial charge in [-0.3, -0.25) is 14.7 Å². The lowest BCUT2D eigenvalue weighted by Crippen LogP contribution is -2.37. The molecule has 1 aliphatic heterocycles. The van der Waals surface area contributed by atoms with E-state index in [1.807, 2.05) is 57.2 Å². The van der Waals surface area contributed by atoms with Gasteiger partial charge in [0.1, 0.15) is 11.6 Å². The van der Waals surface area contributed by atoms with Crippen molar-refractivity contribution in [1.82, 2.24) is 4.90 Å². The lowest BCUT2D eigenvalue weighted by atomic mass is 10.0. The number of ether oxygens (including phenoxy) is 1. The number of hydrogen-bond donors (Lipinski definition) is 0. The van der Waals surface area contributed by atoms with Crippen molar-refractivity contribution in [2.75, 3.05) is 0 Å². The summed E-state index contributed by atoms with van der Waals surface area (Å²) in [4.78, 5) is 31.0.